The number of nitrogens with two attached hydrogens (primary N) is 1. The molecule has 1 fully saturated rings. The highest BCUT2D eigenvalue weighted by molar-refractivity contribution is 5.79. The Kier molecular flexibility index (Phi) is 6.75. The summed E-state index contributed by atoms with van der Waals surface area (Å²) in [4.78, 5) is 25.7. The van der Waals surface area contributed by atoms with Crippen LogP contribution in [-0.2, 0) is 27.5 Å². The Morgan fingerprint density at radius 3 is 2.67 bits per heavy atom. The summed E-state index contributed by atoms with van der Waals surface area (Å²) in [5.74, 6) is -0.476. The molecule has 2 rings (SSSR count). The fraction of sp³-hybridized carbons (Fsp3) is 0.556. The maximum atomic E-state index is 12.3. The Hall–Kier alpha value is -1.92. The topological polar surface area (TPSA) is 84.7 Å². The molecule has 0 aliphatic carbocycles. The Labute approximate surface area is 143 Å². The molecule has 3 N–H and O–H groups in total. The Bertz CT molecular complexity index is 576. The molecule has 0 spiro atoms. The number of likely N-dealkylation sites (tertiary alicyclic amines) is 1. The normalized spacial score (nSPS) is 21.4. The number of primary amides is 1. The van der Waals surface area contributed by atoms with Crippen LogP contribution in [0.1, 0.15) is 30.9 Å². The lowest BCUT2D eigenvalue weighted by molar-refractivity contribution is -0.127. The Morgan fingerprint density at radius 2 is 2.00 bits per heavy atom. The van der Waals surface area contributed by atoms with Gasteiger partial charge in [-0.1, -0.05) is 24.3 Å². The van der Waals surface area contributed by atoms with Crippen molar-refractivity contribution >= 4 is 11.8 Å². The zero-order valence-corrected chi connectivity index (χ0v) is 14.5. The van der Waals surface area contributed by atoms with Crippen molar-refractivity contribution in [1.82, 2.24) is 10.2 Å². The van der Waals surface area contributed by atoms with Crippen molar-refractivity contribution in [3.8, 4) is 0 Å². The second-order valence-electron chi connectivity index (χ2n) is 6.43. The summed E-state index contributed by atoms with van der Waals surface area (Å²) < 4.78 is 5.18. The molecule has 0 aromatic heterocycles. The number of piperidine rings is 1. The predicted molar refractivity (Wildman–Crippen MR) is 92.0 cm³/mol. The first-order valence-electron chi connectivity index (χ1n) is 8.37. The average molecular weight is 333 g/mol. The molecule has 6 nitrogen and oxygen atoms in total. The number of hydrogen-bond acceptors (Lipinski definition) is 4. The van der Waals surface area contributed by atoms with Crippen molar-refractivity contribution in [3.05, 3.63) is 35.4 Å². The van der Waals surface area contributed by atoms with Gasteiger partial charge in [-0.05, 0) is 30.9 Å². The maximum Gasteiger partial charge on any atom is 0.234 e. The summed E-state index contributed by atoms with van der Waals surface area (Å²) in [6, 6.07) is 8.17. The van der Waals surface area contributed by atoms with Crippen molar-refractivity contribution < 1.29 is 14.3 Å². The van der Waals surface area contributed by atoms with E-state index < -0.39 is 0 Å². The molecular formula is C18H27N3O3. The van der Waals surface area contributed by atoms with E-state index in [4.69, 9.17) is 10.5 Å². The molecule has 0 radical (unpaired) electrons. The lowest BCUT2D eigenvalue weighted by Gasteiger charge is -2.36. The molecule has 1 saturated heterocycles. The fourth-order valence-corrected chi connectivity index (χ4v) is 3.09. The molecule has 6 heteroatoms. The van der Waals surface area contributed by atoms with Crippen LogP contribution in [-0.4, -0.2) is 43.0 Å². The van der Waals surface area contributed by atoms with Crippen LogP contribution in [0, 0.1) is 5.92 Å². The maximum absolute atomic E-state index is 12.3. The van der Waals surface area contributed by atoms with Crippen molar-refractivity contribution in [2.24, 2.45) is 11.7 Å². The molecule has 2 amide bonds. The third kappa shape index (κ3) is 5.04. The largest absolute Gasteiger partial charge is 0.380 e. The average Bonchev–Trinajstić information content (AvgIpc) is 2.56. The smallest absolute Gasteiger partial charge is 0.234 e. The van der Waals surface area contributed by atoms with Gasteiger partial charge in [0.25, 0.3) is 0 Å². The van der Waals surface area contributed by atoms with Gasteiger partial charge in [0.1, 0.15) is 0 Å². The monoisotopic (exact) mass is 333 g/mol. The molecule has 0 saturated carbocycles. The van der Waals surface area contributed by atoms with E-state index in [1.807, 2.05) is 29.2 Å². The number of ether oxygens (including phenoxy) is 1. The quantitative estimate of drug-likeness (QED) is 0.781. The fourth-order valence-electron chi connectivity index (χ4n) is 3.09. The molecule has 24 heavy (non-hydrogen) atoms. The second kappa shape index (κ2) is 8.80. The summed E-state index contributed by atoms with van der Waals surface area (Å²) in [6.07, 6.45) is 1.69. The first-order chi connectivity index (χ1) is 11.5. The summed E-state index contributed by atoms with van der Waals surface area (Å²) >= 11 is 0. The number of benzene rings is 1. The van der Waals surface area contributed by atoms with Gasteiger partial charge in [-0.2, -0.15) is 0 Å². The number of methoxy groups -OCH3 is 1. The number of carbonyl (C=O) groups is 2. The van der Waals surface area contributed by atoms with E-state index in [-0.39, 0.29) is 30.3 Å². The van der Waals surface area contributed by atoms with E-state index in [1.165, 1.54) is 0 Å². The Morgan fingerprint density at radius 1 is 1.29 bits per heavy atom. The second-order valence-corrected chi connectivity index (χ2v) is 6.43. The highest BCUT2D eigenvalue weighted by Crippen LogP contribution is 2.21. The summed E-state index contributed by atoms with van der Waals surface area (Å²) in [5.41, 5.74) is 7.53. The summed E-state index contributed by atoms with van der Waals surface area (Å²) in [5, 5.41) is 2.96. The summed E-state index contributed by atoms with van der Waals surface area (Å²) in [7, 11) is 1.66. The molecule has 2 atom stereocenters. The number of nitrogens with one attached hydrogen (secondary N) is 1. The molecule has 1 heterocycles. The van der Waals surface area contributed by atoms with Gasteiger partial charge in [-0.3, -0.25) is 14.5 Å². The number of rotatable bonds is 7. The van der Waals surface area contributed by atoms with Crippen LogP contribution in [0.4, 0.5) is 0 Å². The van der Waals surface area contributed by atoms with Gasteiger partial charge in [0, 0.05) is 26.2 Å². The third-order valence-electron chi connectivity index (χ3n) is 4.65. The standard InChI is InChI=1S/C18H27N3O3/c1-13-7-8-15(18(19)23)10-21(13)11-17(22)20-9-14-5-3-4-6-16(14)12-24-2/h3-6,13,15H,7-12H2,1-2H3,(H2,19,23)(H,20,22)/t13-,15-/m1/s1. The van der Waals surface area contributed by atoms with Gasteiger partial charge >= 0.3 is 0 Å². The van der Waals surface area contributed by atoms with Crippen molar-refractivity contribution in [1.29, 1.82) is 0 Å². The van der Waals surface area contributed by atoms with Crippen LogP contribution in [0.5, 0.6) is 0 Å². The number of carbonyl (C=O) groups excluding carboxylic acids is 2. The lowest BCUT2D eigenvalue weighted by Crippen LogP contribution is -2.49. The first-order valence-corrected chi connectivity index (χ1v) is 8.37. The predicted octanol–water partition coefficient (Wildman–Crippen LogP) is 1.04. The van der Waals surface area contributed by atoms with Crippen molar-refractivity contribution in [3.63, 3.8) is 0 Å². The molecule has 0 unspecified atom stereocenters. The van der Waals surface area contributed by atoms with Gasteiger partial charge in [-0.25, -0.2) is 0 Å². The van der Waals surface area contributed by atoms with Crippen molar-refractivity contribution in [2.45, 2.75) is 39.0 Å². The van der Waals surface area contributed by atoms with E-state index in [1.54, 1.807) is 7.11 Å². The van der Waals surface area contributed by atoms with Crippen LogP contribution in [0.2, 0.25) is 0 Å². The van der Waals surface area contributed by atoms with E-state index in [2.05, 4.69) is 12.2 Å². The molecule has 1 aliphatic rings. The zero-order chi connectivity index (χ0) is 17.5. The van der Waals surface area contributed by atoms with E-state index in [0.29, 0.717) is 19.7 Å². The minimum absolute atomic E-state index is 0.0424. The van der Waals surface area contributed by atoms with Gasteiger partial charge in [0.15, 0.2) is 0 Å². The van der Waals surface area contributed by atoms with Gasteiger partial charge in [-0.15, -0.1) is 0 Å². The molecule has 1 aliphatic heterocycles. The van der Waals surface area contributed by atoms with Crippen molar-refractivity contribution in [2.75, 3.05) is 20.2 Å². The van der Waals surface area contributed by atoms with Crippen LogP contribution in [0.15, 0.2) is 24.3 Å². The summed E-state index contributed by atoms with van der Waals surface area (Å²) in [6.45, 7) is 3.93. The minimum Gasteiger partial charge on any atom is -0.380 e. The van der Waals surface area contributed by atoms with Gasteiger partial charge in [0.05, 0.1) is 19.1 Å². The molecule has 132 valence electrons. The van der Waals surface area contributed by atoms with Crippen LogP contribution in [0.25, 0.3) is 0 Å². The highest BCUT2D eigenvalue weighted by atomic mass is 16.5. The number of hydrogen-bond donors (Lipinski definition) is 2. The third-order valence-corrected chi connectivity index (χ3v) is 4.65. The molecule has 1 aromatic carbocycles. The minimum atomic E-state index is -0.277. The Balaban J connectivity index is 1.88. The van der Waals surface area contributed by atoms with Crippen LogP contribution >= 0.6 is 0 Å². The molecular weight excluding hydrogens is 306 g/mol. The van der Waals surface area contributed by atoms with Gasteiger partial charge in [0.2, 0.25) is 11.8 Å². The molecule has 1 aromatic rings. The SMILES string of the molecule is COCc1ccccc1CNC(=O)CN1C[C@H](C(N)=O)CC[C@H]1C. The lowest BCUT2D eigenvalue weighted by atomic mass is 9.93. The van der Waals surface area contributed by atoms with E-state index in [9.17, 15) is 9.59 Å². The van der Waals surface area contributed by atoms with Crippen LogP contribution in [0.3, 0.4) is 0 Å². The number of amides is 2. The van der Waals surface area contributed by atoms with Gasteiger partial charge < -0.3 is 15.8 Å². The number of nitrogens with zero attached hydrogens (tertiary/aromatic N) is 1. The van der Waals surface area contributed by atoms with E-state index in [0.717, 1.165) is 24.0 Å². The first kappa shape index (κ1) is 18.4. The molecule has 0 bridgehead atoms. The zero-order valence-electron chi connectivity index (χ0n) is 14.5. The van der Waals surface area contributed by atoms with E-state index >= 15 is 0 Å². The highest BCUT2D eigenvalue weighted by Gasteiger charge is 2.29. The van der Waals surface area contributed by atoms with Crippen LogP contribution < -0.4 is 11.1 Å².